The lowest BCUT2D eigenvalue weighted by Crippen LogP contribution is -2.30. The molecule has 32 heavy (non-hydrogen) atoms. The third kappa shape index (κ3) is 3.95. The molecule has 1 heterocycles. The summed E-state index contributed by atoms with van der Waals surface area (Å²) in [6.45, 7) is 6.37. The van der Waals surface area contributed by atoms with Crippen molar-refractivity contribution in [1.82, 2.24) is 4.90 Å². The van der Waals surface area contributed by atoms with Crippen LogP contribution < -0.4 is 4.90 Å². The quantitative estimate of drug-likeness (QED) is 0.595. The Kier molecular flexibility index (Phi) is 5.69. The molecule has 1 aliphatic rings. The minimum atomic E-state index is -0.336. The molecule has 0 atom stereocenters. The summed E-state index contributed by atoms with van der Waals surface area (Å²) in [5.74, 6) is -0.886. The number of carbonyl (C=O) groups is 2. The predicted octanol–water partition coefficient (Wildman–Crippen LogP) is 4.28. The second kappa shape index (κ2) is 8.59. The highest BCUT2D eigenvalue weighted by Crippen LogP contribution is 2.35. The summed E-state index contributed by atoms with van der Waals surface area (Å²) in [7, 11) is 0. The fourth-order valence-electron chi connectivity index (χ4n) is 3.99. The number of aryl methyl sites for hydroxylation is 1. The lowest BCUT2D eigenvalue weighted by atomic mass is 10.1. The summed E-state index contributed by atoms with van der Waals surface area (Å²) in [4.78, 5) is 29.2. The zero-order valence-corrected chi connectivity index (χ0v) is 17.8. The number of phenolic OH excluding ortho intramolecular Hbond substituents is 2. The number of hydrogen-bond donors (Lipinski definition) is 2. The lowest BCUT2D eigenvalue weighted by Gasteiger charge is -2.24. The summed E-state index contributed by atoms with van der Waals surface area (Å²) in [5.41, 5.74) is 4.20. The Labute approximate surface area is 186 Å². The molecule has 0 radical (unpaired) electrons. The van der Waals surface area contributed by atoms with Gasteiger partial charge in [-0.2, -0.15) is 0 Å². The fraction of sp³-hybridized carbons (Fsp3) is 0.154. The maximum atomic E-state index is 13.1. The van der Waals surface area contributed by atoms with Crippen molar-refractivity contribution in [2.45, 2.75) is 26.6 Å². The Balaban J connectivity index is 1.66. The third-order valence-electron chi connectivity index (χ3n) is 5.71. The van der Waals surface area contributed by atoms with Crippen LogP contribution in [0.3, 0.4) is 0 Å². The molecule has 0 unspecified atom stereocenters. The number of hydrogen-bond acceptors (Lipinski definition) is 4. The van der Waals surface area contributed by atoms with Crippen molar-refractivity contribution < 1.29 is 19.8 Å². The molecule has 2 N–H and O–H groups in total. The number of fused-ring (bicyclic) bond motifs is 1. The summed E-state index contributed by atoms with van der Waals surface area (Å²) in [6, 6.07) is 18.0. The van der Waals surface area contributed by atoms with Crippen molar-refractivity contribution in [2.75, 3.05) is 4.90 Å². The highest BCUT2D eigenvalue weighted by atomic mass is 16.3. The first-order valence-electron chi connectivity index (χ1n) is 10.3. The first kappa shape index (κ1) is 21.2. The highest BCUT2D eigenvalue weighted by molar-refractivity contribution is 6.02. The maximum Gasteiger partial charge on any atom is 0.258 e. The van der Waals surface area contributed by atoms with E-state index < -0.39 is 0 Å². The second-order valence-electron chi connectivity index (χ2n) is 7.85. The van der Waals surface area contributed by atoms with Crippen molar-refractivity contribution in [3.63, 3.8) is 0 Å². The van der Waals surface area contributed by atoms with Gasteiger partial charge in [0, 0.05) is 30.4 Å². The Bertz CT molecular complexity index is 1200. The number of amides is 2. The van der Waals surface area contributed by atoms with Crippen molar-refractivity contribution in [3.8, 4) is 11.5 Å². The van der Waals surface area contributed by atoms with Crippen molar-refractivity contribution in [3.05, 3.63) is 101 Å². The first-order chi connectivity index (χ1) is 15.4. The molecule has 0 saturated carbocycles. The molecule has 2 amide bonds. The van der Waals surface area contributed by atoms with Crippen LogP contribution in [0.5, 0.6) is 11.5 Å². The minimum absolute atomic E-state index is 0.0643. The van der Waals surface area contributed by atoms with Gasteiger partial charge in [-0.3, -0.25) is 9.59 Å². The Morgan fingerprint density at radius 3 is 2.50 bits per heavy atom. The SMILES string of the molecule is C=CC(=O)N(Cc1ccccc1)c1cccc2c1CN(C(=O)c1cc(C)c(O)cc1O)C2. The van der Waals surface area contributed by atoms with E-state index in [4.69, 9.17) is 0 Å². The Morgan fingerprint density at radius 1 is 1.03 bits per heavy atom. The van der Waals surface area contributed by atoms with Crippen LogP contribution in [0.4, 0.5) is 5.69 Å². The van der Waals surface area contributed by atoms with E-state index in [9.17, 15) is 19.8 Å². The van der Waals surface area contributed by atoms with Crippen LogP contribution in [-0.2, 0) is 24.4 Å². The van der Waals surface area contributed by atoms with Crippen LogP contribution in [0.25, 0.3) is 0 Å². The molecule has 0 fully saturated rings. The highest BCUT2D eigenvalue weighted by Gasteiger charge is 2.30. The average molecular weight is 428 g/mol. The largest absolute Gasteiger partial charge is 0.508 e. The van der Waals surface area contributed by atoms with E-state index in [0.717, 1.165) is 22.4 Å². The first-order valence-corrected chi connectivity index (χ1v) is 10.3. The van der Waals surface area contributed by atoms with Gasteiger partial charge in [0.25, 0.3) is 11.8 Å². The van der Waals surface area contributed by atoms with Crippen LogP contribution in [0.15, 0.2) is 73.3 Å². The van der Waals surface area contributed by atoms with Gasteiger partial charge < -0.3 is 20.0 Å². The molecule has 0 bridgehead atoms. The fourth-order valence-corrected chi connectivity index (χ4v) is 3.99. The molecule has 162 valence electrons. The molecular weight excluding hydrogens is 404 g/mol. The standard InChI is InChI=1S/C26H24N2O4/c1-3-25(31)28(14-18-8-5-4-6-9-18)22-11-7-10-19-15-27(16-21(19)22)26(32)20-12-17(2)23(29)13-24(20)30/h3-13,29-30H,1,14-16H2,2H3. The van der Waals surface area contributed by atoms with E-state index in [-0.39, 0.29) is 28.9 Å². The van der Waals surface area contributed by atoms with E-state index in [1.165, 1.54) is 18.2 Å². The number of anilines is 1. The van der Waals surface area contributed by atoms with Crippen molar-refractivity contribution >= 4 is 17.5 Å². The Hall–Kier alpha value is -4.06. The van der Waals surface area contributed by atoms with Gasteiger partial charge in [-0.1, -0.05) is 49.0 Å². The van der Waals surface area contributed by atoms with Crippen molar-refractivity contribution in [2.24, 2.45) is 0 Å². The molecular formula is C26H24N2O4. The summed E-state index contributed by atoms with van der Waals surface area (Å²) >= 11 is 0. The van der Waals surface area contributed by atoms with Gasteiger partial charge >= 0.3 is 0 Å². The molecule has 0 aliphatic carbocycles. The number of aromatic hydroxyl groups is 2. The normalized spacial score (nSPS) is 12.3. The number of benzene rings is 3. The summed E-state index contributed by atoms with van der Waals surface area (Å²) < 4.78 is 0. The zero-order valence-electron chi connectivity index (χ0n) is 17.8. The number of carbonyl (C=O) groups excluding carboxylic acids is 2. The summed E-state index contributed by atoms with van der Waals surface area (Å²) in [6.07, 6.45) is 1.29. The molecule has 3 aromatic carbocycles. The summed E-state index contributed by atoms with van der Waals surface area (Å²) in [5, 5.41) is 20.0. The number of nitrogens with zero attached hydrogens (tertiary/aromatic N) is 2. The third-order valence-corrected chi connectivity index (χ3v) is 5.71. The van der Waals surface area contributed by atoms with Crippen LogP contribution in [-0.4, -0.2) is 26.9 Å². The zero-order chi connectivity index (χ0) is 22.8. The lowest BCUT2D eigenvalue weighted by molar-refractivity contribution is -0.114. The molecule has 0 spiro atoms. The molecule has 6 nitrogen and oxygen atoms in total. The smallest absolute Gasteiger partial charge is 0.258 e. The van der Waals surface area contributed by atoms with Gasteiger partial charge in [0.1, 0.15) is 11.5 Å². The molecule has 6 heteroatoms. The van der Waals surface area contributed by atoms with E-state index in [2.05, 4.69) is 6.58 Å². The molecule has 0 saturated heterocycles. The van der Waals surface area contributed by atoms with Gasteiger partial charge in [-0.05, 0) is 41.8 Å². The van der Waals surface area contributed by atoms with E-state index in [1.807, 2.05) is 48.5 Å². The van der Waals surface area contributed by atoms with Gasteiger partial charge in [0.15, 0.2) is 0 Å². The van der Waals surface area contributed by atoms with Gasteiger partial charge in [-0.25, -0.2) is 0 Å². The van der Waals surface area contributed by atoms with Crippen LogP contribution in [0.1, 0.15) is 32.6 Å². The van der Waals surface area contributed by atoms with Crippen LogP contribution >= 0.6 is 0 Å². The number of rotatable bonds is 5. The minimum Gasteiger partial charge on any atom is -0.508 e. The van der Waals surface area contributed by atoms with Crippen LogP contribution in [0.2, 0.25) is 0 Å². The molecule has 4 rings (SSSR count). The molecule has 0 aromatic heterocycles. The van der Waals surface area contributed by atoms with Crippen molar-refractivity contribution in [1.29, 1.82) is 0 Å². The average Bonchev–Trinajstić information content (AvgIpc) is 3.24. The van der Waals surface area contributed by atoms with Crippen LogP contribution in [0, 0.1) is 6.92 Å². The van der Waals surface area contributed by atoms with E-state index in [1.54, 1.807) is 16.7 Å². The van der Waals surface area contributed by atoms with Gasteiger partial charge in [0.05, 0.1) is 12.1 Å². The maximum absolute atomic E-state index is 13.1. The monoisotopic (exact) mass is 428 g/mol. The molecule has 1 aliphatic heterocycles. The van der Waals surface area contributed by atoms with E-state index >= 15 is 0 Å². The Morgan fingerprint density at radius 2 is 1.78 bits per heavy atom. The topological polar surface area (TPSA) is 81.1 Å². The van der Waals surface area contributed by atoms with E-state index in [0.29, 0.717) is 25.2 Å². The number of phenols is 2. The van der Waals surface area contributed by atoms with Gasteiger partial charge in [-0.15, -0.1) is 0 Å². The second-order valence-corrected chi connectivity index (χ2v) is 7.85. The van der Waals surface area contributed by atoms with Gasteiger partial charge in [0.2, 0.25) is 0 Å². The molecule has 3 aromatic rings. The predicted molar refractivity (Wildman–Crippen MR) is 122 cm³/mol.